The molecule has 3 N–H and O–H groups in total. The number of aliphatic hydroxyl groups is 1. The quantitative estimate of drug-likeness (QED) is 0.521. The second-order valence-corrected chi connectivity index (χ2v) is 3.13. The lowest BCUT2D eigenvalue weighted by atomic mass is 10.1. The fraction of sp³-hybridized carbons (Fsp3) is 0.182. The predicted octanol–water partition coefficient (Wildman–Crippen LogP) is 1.85. The Morgan fingerprint density at radius 1 is 1.40 bits per heavy atom. The van der Waals surface area contributed by atoms with Gasteiger partial charge in [-0.3, -0.25) is 0 Å². The molecule has 0 aliphatic rings. The molecule has 0 aliphatic heterocycles. The Hall–Kier alpha value is -1.97. The lowest BCUT2D eigenvalue weighted by molar-refractivity contribution is -0.132. The normalized spacial score (nSPS) is 11.3. The summed E-state index contributed by atoms with van der Waals surface area (Å²) in [5.41, 5.74) is 0.786. The number of aryl methyl sites for hydroxylation is 1. The van der Waals surface area contributed by atoms with Crippen molar-refractivity contribution < 1.29 is 20.1 Å². The van der Waals surface area contributed by atoms with Gasteiger partial charge in [0.1, 0.15) is 5.75 Å². The number of hydrogen-bond donors (Lipinski definition) is 3. The van der Waals surface area contributed by atoms with Gasteiger partial charge in [0.25, 0.3) is 0 Å². The van der Waals surface area contributed by atoms with Crippen LogP contribution in [0.2, 0.25) is 0 Å². The van der Waals surface area contributed by atoms with Gasteiger partial charge in [-0.25, -0.2) is 4.79 Å². The summed E-state index contributed by atoms with van der Waals surface area (Å²) in [6, 6.07) is 6.59. The number of carboxylic acids is 1. The molecular formula is C11H12O4. The summed E-state index contributed by atoms with van der Waals surface area (Å²) in [6.07, 6.45) is 1.30. The van der Waals surface area contributed by atoms with Crippen LogP contribution in [0.3, 0.4) is 0 Å². The Morgan fingerprint density at radius 3 is 2.67 bits per heavy atom. The second kappa shape index (κ2) is 5.05. The van der Waals surface area contributed by atoms with Crippen molar-refractivity contribution in [2.45, 2.75) is 12.8 Å². The molecular weight excluding hydrogens is 196 g/mol. The lowest BCUT2D eigenvalue weighted by Crippen LogP contribution is -2.02. The third kappa shape index (κ3) is 3.34. The van der Waals surface area contributed by atoms with Crippen LogP contribution in [0.25, 0.3) is 0 Å². The fourth-order valence-electron chi connectivity index (χ4n) is 1.22. The maximum atomic E-state index is 10.5. The van der Waals surface area contributed by atoms with Crippen molar-refractivity contribution >= 4 is 5.97 Å². The van der Waals surface area contributed by atoms with Gasteiger partial charge < -0.3 is 15.3 Å². The minimum Gasteiger partial charge on any atom is -0.515 e. The molecule has 0 radical (unpaired) electrons. The molecule has 0 bridgehead atoms. The molecule has 0 unspecified atom stereocenters. The molecule has 0 atom stereocenters. The molecule has 0 saturated carbocycles. The Balaban J connectivity index is 2.61. The first-order valence-electron chi connectivity index (χ1n) is 4.48. The van der Waals surface area contributed by atoms with Gasteiger partial charge in [-0.05, 0) is 30.5 Å². The first kappa shape index (κ1) is 11.1. The SMILES string of the molecule is O=C(O)C(=CO)CCc1cccc(O)c1. The van der Waals surface area contributed by atoms with Crippen LogP contribution >= 0.6 is 0 Å². The first-order chi connectivity index (χ1) is 7.13. The number of aromatic hydroxyl groups is 1. The van der Waals surface area contributed by atoms with E-state index >= 15 is 0 Å². The molecule has 0 amide bonds. The number of phenols is 1. The molecule has 1 aromatic rings. The fourth-order valence-corrected chi connectivity index (χ4v) is 1.22. The van der Waals surface area contributed by atoms with E-state index in [2.05, 4.69) is 0 Å². The van der Waals surface area contributed by atoms with Crippen LogP contribution in [0, 0.1) is 0 Å². The van der Waals surface area contributed by atoms with Gasteiger partial charge in [-0.15, -0.1) is 0 Å². The molecule has 80 valence electrons. The average Bonchev–Trinajstić information content (AvgIpc) is 2.18. The minimum absolute atomic E-state index is 0.0432. The number of aliphatic hydroxyl groups excluding tert-OH is 1. The van der Waals surface area contributed by atoms with Crippen LogP contribution in [-0.2, 0) is 11.2 Å². The summed E-state index contributed by atoms with van der Waals surface area (Å²) in [5.74, 6) is -0.977. The lowest BCUT2D eigenvalue weighted by Gasteiger charge is -2.02. The zero-order valence-electron chi connectivity index (χ0n) is 8.05. The summed E-state index contributed by atoms with van der Waals surface area (Å²) in [5, 5.41) is 26.4. The van der Waals surface area contributed by atoms with Gasteiger partial charge in [0.15, 0.2) is 0 Å². The highest BCUT2D eigenvalue weighted by Gasteiger charge is 2.07. The van der Waals surface area contributed by atoms with Crippen LogP contribution in [-0.4, -0.2) is 21.3 Å². The molecule has 4 heteroatoms. The van der Waals surface area contributed by atoms with Crippen molar-refractivity contribution in [2.75, 3.05) is 0 Å². The van der Waals surface area contributed by atoms with E-state index in [1.54, 1.807) is 24.3 Å². The first-order valence-corrected chi connectivity index (χ1v) is 4.48. The molecule has 0 aliphatic carbocycles. The molecule has 0 fully saturated rings. The van der Waals surface area contributed by atoms with E-state index in [1.807, 2.05) is 0 Å². The van der Waals surface area contributed by atoms with Crippen LogP contribution in [0.5, 0.6) is 5.75 Å². The largest absolute Gasteiger partial charge is 0.515 e. The van der Waals surface area contributed by atoms with Gasteiger partial charge in [0.05, 0.1) is 11.8 Å². The van der Waals surface area contributed by atoms with Crippen LogP contribution in [0.1, 0.15) is 12.0 Å². The van der Waals surface area contributed by atoms with Crippen molar-refractivity contribution in [3.63, 3.8) is 0 Å². The molecule has 0 heterocycles. The molecule has 1 aromatic carbocycles. The number of hydrogen-bond acceptors (Lipinski definition) is 3. The van der Waals surface area contributed by atoms with Crippen molar-refractivity contribution in [2.24, 2.45) is 0 Å². The van der Waals surface area contributed by atoms with E-state index in [4.69, 9.17) is 15.3 Å². The van der Waals surface area contributed by atoms with Crippen LogP contribution in [0.4, 0.5) is 0 Å². The van der Waals surface area contributed by atoms with E-state index in [0.29, 0.717) is 12.7 Å². The van der Waals surface area contributed by atoms with Gasteiger partial charge >= 0.3 is 5.97 Å². The highest BCUT2D eigenvalue weighted by molar-refractivity contribution is 5.86. The maximum Gasteiger partial charge on any atom is 0.334 e. The van der Waals surface area contributed by atoms with E-state index < -0.39 is 5.97 Å². The van der Waals surface area contributed by atoms with Crippen molar-refractivity contribution in [1.29, 1.82) is 0 Å². The highest BCUT2D eigenvalue weighted by atomic mass is 16.4. The number of benzene rings is 1. The van der Waals surface area contributed by atoms with Crippen molar-refractivity contribution in [3.05, 3.63) is 41.7 Å². The Bertz CT molecular complexity index is 382. The Labute approximate surface area is 87.1 Å². The smallest absolute Gasteiger partial charge is 0.334 e. The number of phenolic OH excluding ortho intramolecular Hbond substituents is 1. The molecule has 0 saturated heterocycles. The molecule has 0 spiro atoms. The number of rotatable bonds is 4. The molecule has 0 aromatic heterocycles. The zero-order valence-corrected chi connectivity index (χ0v) is 8.05. The average molecular weight is 208 g/mol. The summed E-state index contributed by atoms with van der Waals surface area (Å²) < 4.78 is 0. The van der Waals surface area contributed by atoms with Gasteiger partial charge in [0, 0.05) is 0 Å². The van der Waals surface area contributed by atoms with Crippen LogP contribution in [0.15, 0.2) is 36.1 Å². The monoisotopic (exact) mass is 208 g/mol. The summed E-state index contributed by atoms with van der Waals surface area (Å²) >= 11 is 0. The summed E-state index contributed by atoms with van der Waals surface area (Å²) in [4.78, 5) is 10.5. The van der Waals surface area contributed by atoms with E-state index in [0.717, 1.165) is 5.56 Å². The van der Waals surface area contributed by atoms with Crippen molar-refractivity contribution in [1.82, 2.24) is 0 Å². The van der Waals surface area contributed by atoms with Gasteiger partial charge in [-0.2, -0.15) is 0 Å². The van der Waals surface area contributed by atoms with Crippen molar-refractivity contribution in [3.8, 4) is 5.75 Å². The third-order valence-corrected chi connectivity index (χ3v) is 2.02. The number of aliphatic carboxylic acids is 1. The molecule has 1 rings (SSSR count). The van der Waals surface area contributed by atoms with E-state index in [-0.39, 0.29) is 17.7 Å². The Morgan fingerprint density at radius 2 is 2.13 bits per heavy atom. The standard InChI is InChI=1S/C11H12O4/c12-7-9(11(14)15)5-4-8-2-1-3-10(13)6-8/h1-3,6-7,12-13H,4-5H2,(H,14,15). The Kier molecular flexibility index (Phi) is 3.74. The van der Waals surface area contributed by atoms with E-state index in [1.165, 1.54) is 0 Å². The summed E-state index contributed by atoms with van der Waals surface area (Å²) in [6.45, 7) is 0. The highest BCUT2D eigenvalue weighted by Crippen LogP contribution is 2.14. The number of carboxylic acid groups (broad SMARTS) is 1. The second-order valence-electron chi connectivity index (χ2n) is 3.13. The summed E-state index contributed by atoms with van der Waals surface area (Å²) in [7, 11) is 0. The topological polar surface area (TPSA) is 77.8 Å². The zero-order chi connectivity index (χ0) is 11.3. The number of carbonyl (C=O) groups is 1. The maximum absolute atomic E-state index is 10.5. The minimum atomic E-state index is -1.13. The third-order valence-electron chi connectivity index (χ3n) is 2.02. The van der Waals surface area contributed by atoms with Crippen LogP contribution < -0.4 is 0 Å². The predicted molar refractivity (Wildman–Crippen MR) is 54.8 cm³/mol. The van der Waals surface area contributed by atoms with Gasteiger partial charge in [0.2, 0.25) is 0 Å². The van der Waals surface area contributed by atoms with E-state index in [9.17, 15) is 4.79 Å². The molecule has 15 heavy (non-hydrogen) atoms. The molecule has 4 nitrogen and oxygen atoms in total. The van der Waals surface area contributed by atoms with Gasteiger partial charge in [-0.1, -0.05) is 12.1 Å².